The quantitative estimate of drug-likeness (QED) is 0.540. The molecular weight excluding hydrogens is 448 g/mol. The maximum absolute atomic E-state index is 13.5. The molecule has 2 saturated heterocycles. The molecule has 0 bridgehead atoms. The van der Waals surface area contributed by atoms with Crippen LogP contribution in [-0.2, 0) is 25.5 Å². The molecule has 176 valence electrons. The van der Waals surface area contributed by atoms with Gasteiger partial charge in [0.05, 0.1) is 16.7 Å². The number of nitrogens with zero attached hydrogens (tertiary/aromatic N) is 2. The number of thioether (sulfide) groups is 2. The van der Waals surface area contributed by atoms with E-state index in [4.69, 9.17) is 4.74 Å². The summed E-state index contributed by atoms with van der Waals surface area (Å²) in [6.07, 6.45) is 1.64. The van der Waals surface area contributed by atoms with Crippen molar-refractivity contribution < 1.29 is 24.2 Å². The minimum atomic E-state index is -0.968. The topological polar surface area (TPSA) is 87.2 Å². The van der Waals surface area contributed by atoms with Gasteiger partial charge < -0.3 is 14.7 Å². The zero-order chi connectivity index (χ0) is 23.3. The van der Waals surface area contributed by atoms with Gasteiger partial charge in [-0.3, -0.25) is 14.5 Å². The van der Waals surface area contributed by atoms with Gasteiger partial charge in [0, 0.05) is 24.5 Å². The van der Waals surface area contributed by atoms with Crippen LogP contribution in [0.5, 0.6) is 0 Å². The molecule has 0 saturated carbocycles. The summed E-state index contributed by atoms with van der Waals surface area (Å²) in [6, 6.07) is 7.81. The molecule has 2 aliphatic rings. The Labute approximate surface area is 198 Å². The summed E-state index contributed by atoms with van der Waals surface area (Å²) >= 11 is 3.51. The van der Waals surface area contributed by atoms with Crippen LogP contribution in [0, 0.1) is 0 Å². The lowest BCUT2D eigenvalue weighted by Crippen LogP contribution is -2.54. The predicted molar refractivity (Wildman–Crippen MR) is 128 cm³/mol. The highest BCUT2D eigenvalue weighted by Gasteiger charge is 2.52. The summed E-state index contributed by atoms with van der Waals surface area (Å²) in [5, 5.41) is 9.77. The Balaban J connectivity index is 1.74. The van der Waals surface area contributed by atoms with Gasteiger partial charge in [-0.1, -0.05) is 30.3 Å². The second-order valence-electron chi connectivity index (χ2n) is 8.27. The molecule has 2 aliphatic heterocycles. The third-order valence-corrected chi connectivity index (χ3v) is 9.67. The monoisotopic (exact) mass is 480 g/mol. The summed E-state index contributed by atoms with van der Waals surface area (Å²) in [5.41, 5.74) is 1.11. The molecule has 1 aromatic carbocycles. The van der Waals surface area contributed by atoms with E-state index in [9.17, 15) is 19.5 Å². The van der Waals surface area contributed by atoms with Crippen LogP contribution in [0.25, 0.3) is 0 Å². The number of hydrogen-bond donors (Lipinski definition) is 1. The molecule has 2 heterocycles. The number of carbonyl (C=O) groups excluding carboxylic acids is 2. The van der Waals surface area contributed by atoms with E-state index < -0.39 is 24.1 Å². The normalized spacial score (nSPS) is 21.6. The third kappa shape index (κ3) is 5.61. The molecule has 1 spiro atoms. The van der Waals surface area contributed by atoms with Crippen LogP contribution < -0.4 is 0 Å². The molecule has 3 atom stereocenters. The Hall–Kier alpha value is -1.71. The number of benzene rings is 1. The zero-order valence-corrected chi connectivity index (χ0v) is 20.5. The molecule has 32 heavy (non-hydrogen) atoms. The highest BCUT2D eigenvalue weighted by Crippen LogP contribution is 2.51. The first-order valence-corrected chi connectivity index (χ1v) is 13.0. The van der Waals surface area contributed by atoms with Gasteiger partial charge in [0.2, 0.25) is 5.91 Å². The molecule has 3 rings (SSSR count). The molecule has 9 heteroatoms. The summed E-state index contributed by atoms with van der Waals surface area (Å²) in [5.74, 6) is 0.362. The number of likely N-dealkylation sites (tertiary alicyclic amines) is 1. The molecule has 1 N–H and O–H groups in total. The van der Waals surface area contributed by atoms with Crippen LogP contribution in [0.4, 0.5) is 0 Å². The fourth-order valence-electron chi connectivity index (χ4n) is 4.36. The van der Waals surface area contributed by atoms with Crippen molar-refractivity contribution in [3.8, 4) is 0 Å². The first-order chi connectivity index (χ1) is 15.3. The molecule has 1 aromatic rings. The molecule has 7 nitrogen and oxygen atoms in total. The predicted octanol–water partition coefficient (Wildman–Crippen LogP) is 2.73. The van der Waals surface area contributed by atoms with Crippen LogP contribution in [0.15, 0.2) is 30.3 Å². The number of hydrogen-bond acceptors (Lipinski definition) is 7. The van der Waals surface area contributed by atoms with E-state index in [0.717, 1.165) is 17.1 Å². The third-order valence-electron chi connectivity index (χ3n) is 6.24. The van der Waals surface area contributed by atoms with Crippen molar-refractivity contribution in [2.24, 2.45) is 0 Å². The SMILES string of the molecule is CCOC(=O)[C@H](CCc1ccccc1)N(C)[C@@H](C)C(=O)N1CC2(C[C@H]1C(=O)O)SCCS2. The molecule has 0 aromatic heterocycles. The van der Waals surface area contributed by atoms with E-state index >= 15 is 0 Å². The van der Waals surface area contributed by atoms with Gasteiger partial charge in [0.15, 0.2) is 0 Å². The van der Waals surface area contributed by atoms with Crippen LogP contribution >= 0.6 is 23.5 Å². The van der Waals surface area contributed by atoms with Gasteiger partial charge in [-0.05, 0) is 39.3 Å². The highest BCUT2D eigenvalue weighted by atomic mass is 32.2. The van der Waals surface area contributed by atoms with Gasteiger partial charge in [0.1, 0.15) is 12.1 Å². The van der Waals surface area contributed by atoms with E-state index in [1.165, 1.54) is 4.90 Å². The second kappa shape index (κ2) is 10.9. The summed E-state index contributed by atoms with van der Waals surface area (Å²) in [6.45, 7) is 4.19. The van der Waals surface area contributed by atoms with Gasteiger partial charge in [-0.15, -0.1) is 23.5 Å². The van der Waals surface area contributed by atoms with E-state index in [0.29, 0.717) is 25.8 Å². The number of carbonyl (C=O) groups is 3. The Morgan fingerprint density at radius 1 is 1.25 bits per heavy atom. The number of likely N-dealkylation sites (N-methyl/N-ethyl adjacent to an activating group) is 1. The van der Waals surface area contributed by atoms with Crippen molar-refractivity contribution in [3.63, 3.8) is 0 Å². The Bertz CT molecular complexity index is 816. The average molecular weight is 481 g/mol. The van der Waals surface area contributed by atoms with Gasteiger partial charge in [-0.2, -0.15) is 0 Å². The van der Waals surface area contributed by atoms with Crippen molar-refractivity contribution in [1.82, 2.24) is 9.80 Å². The van der Waals surface area contributed by atoms with E-state index in [1.807, 2.05) is 30.3 Å². The number of amides is 1. The highest BCUT2D eigenvalue weighted by molar-refractivity contribution is 8.21. The van der Waals surface area contributed by atoms with Crippen LogP contribution in [0.2, 0.25) is 0 Å². The molecule has 1 amide bonds. The van der Waals surface area contributed by atoms with Crippen LogP contribution in [-0.4, -0.2) is 86.7 Å². The van der Waals surface area contributed by atoms with Crippen molar-refractivity contribution in [1.29, 1.82) is 0 Å². The maximum Gasteiger partial charge on any atom is 0.326 e. The largest absolute Gasteiger partial charge is 0.480 e. The lowest BCUT2D eigenvalue weighted by molar-refractivity contribution is -0.155. The molecule has 0 unspecified atom stereocenters. The number of ether oxygens (including phenoxy) is 1. The first kappa shape index (κ1) is 24.9. The van der Waals surface area contributed by atoms with Crippen molar-refractivity contribution in [2.45, 2.75) is 55.3 Å². The van der Waals surface area contributed by atoms with E-state index in [1.54, 1.807) is 49.3 Å². The van der Waals surface area contributed by atoms with Crippen molar-refractivity contribution in [2.75, 3.05) is 31.7 Å². The molecule has 0 aliphatic carbocycles. The smallest absolute Gasteiger partial charge is 0.326 e. The Morgan fingerprint density at radius 3 is 2.50 bits per heavy atom. The average Bonchev–Trinajstić information content (AvgIpc) is 3.40. The second-order valence-corrected chi connectivity index (χ2v) is 11.5. The lowest BCUT2D eigenvalue weighted by atomic mass is 10.0. The minimum Gasteiger partial charge on any atom is -0.480 e. The van der Waals surface area contributed by atoms with Gasteiger partial charge in [0.25, 0.3) is 0 Å². The molecule has 2 fully saturated rings. The summed E-state index contributed by atoms with van der Waals surface area (Å²) in [7, 11) is 1.75. The number of aliphatic carboxylic acids is 1. The Morgan fingerprint density at radius 2 is 1.91 bits per heavy atom. The lowest BCUT2D eigenvalue weighted by Gasteiger charge is -2.34. The number of carboxylic acids is 1. The number of carboxylic acid groups (broad SMARTS) is 1. The first-order valence-electron chi connectivity index (χ1n) is 11.0. The zero-order valence-electron chi connectivity index (χ0n) is 18.9. The molecule has 0 radical (unpaired) electrons. The fourth-order valence-corrected chi connectivity index (χ4v) is 7.61. The number of aryl methyl sites for hydroxylation is 1. The number of rotatable bonds is 9. The Kier molecular flexibility index (Phi) is 8.52. The fraction of sp³-hybridized carbons (Fsp3) is 0.609. The van der Waals surface area contributed by atoms with Crippen molar-refractivity contribution in [3.05, 3.63) is 35.9 Å². The van der Waals surface area contributed by atoms with Crippen molar-refractivity contribution >= 4 is 41.4 Å². The van der Waals surface area contributed by atoms with E-state index in [2.05, 4.69) is 0 Å². The maximum atomic E-state index is 13.5. The molecular formula is C23H32N2O5S2. The summed E-state index contributed by atoms with van der Waals surface area (Å²) in [4.78, 5) is 41.4. The standard InChI is InChI=1S/C23H32N2O5S2/c1-4-30-22(29)18(11-10-17-8-6-5-7-9-17)24(3)16(2)20(26)25-15-23(31-12-13-32-23)14-19(25)21(27)28/h5-9,16,18-19H,4,10-15H2,1-3H3,(H,27,28)/t16-,18-,19-/m0/s1. The van der Waals surface area contributed by atoms with Gasteiger partial charge in [-0.25, -0.2) is 4.79 Å². The minimum absolute atomic E-state index is 0.231. The number of esters is 1. The summed E-state index contributed by atoms with van der Waals surface area (Å²) < 4.78 is 5.07. The van der Waals surface area contributed by atoms with Gasteiger partial charge >= 0.3 is 11.9 Å². The van der Waals surface area contributed by atoms with Crippen LogP contribution in [0.1, 0.15) is 32.3 Å². The van der Waals surface area contributed by atoms with E-state index in [-0.39, 0.29) is 22.6 Å². The van der Waals surface area contributed by atoms with Crippen LogP contribution in [0.3, 0.4) is 0 Å².